The van der Waals surface area contributed by atoms with Crippen LogP contribution >= 0.6 is 11.3 Å². The van der Waals surface area contributed by atoms with Crippen LogP contribution in [0.2, 0.25) is 0 Å². The van der Waals surface area contributed by atoms with Gasteiger partial charge in [-0.1, -0.05) is 6.07 Å². The number of hydrogen-bond acceptors (Lipinski definition) is 5. The average Bonchev–Trinajstić information content (AvgIpc) is 2.99. The van der Waals surface area contributed by atoms with Crippen LogP contribution in [0, 0.1) is 6.92 Å². The molecule has 0 saturated heterocycles. The topological polar surface area (TPSA) is 84.9 Å². The number of carboxylic acid groups (broad SMARTS) is 1. The lowest BCUT2D eigenvalue weighted by Crippen LogP contribution is -2.29. The minimum atomic E-state index is -1.00. The first-order chi connectivity index (χ1) is 11.4. The van der Waals surface area contributed by atoms with Gasteiger partial charge in [0.15, 0.2) is 11.5 Å². The zero-order chi connectivity index (χ0) is 17.7. The lowest BCUT2D eigenvalue weighted by molar-refractivity contribution is -0.137. The quantitative estimate of drug-likeness (QED) is 0.803. The zero-order valence-corrected chi connectivity index (χ0v) is 14.5. The first kappa shape index (κ1) is 17.8. The molecule has 7 heteroatoms. The fourth-order valence-electron chi connectivity index (χ4n) is 2.28. The summed E-state index contributed by atoms with van der Waals surface area (Å²) >= 11 is 1.36. The average molecular weight is 349 g/mol. The Labute approximate surface area is 144 Å². The second kappa shape index (κ2) is 7.83. The molecule has 0 bridgehead atoms. The number of ether oxygens (including phenoxy) is 2. The van der Waals surface area contributed by atoms with E-state index in [2.05, 4.69) is 5.32 Å². The standard InChI is InChI=1S/C17H19NO5S/c1-10-4-7-15(24-10)17(21)18-12(9-16(19)20)11-5-6-13(22-2)14(8-11)23-3/h4-8,12H,9H2,1-3H3,(H,18,21)(H,19,20). The maximum Gasteiger partial charge on any atom is 0.305 e. The van der Waals surface area contributed by atoms with Crippen LogP contribution in [-0.4, -0.2) is 31.2 Å². The van der Waals surface area contributed by atoms with Gasteiger partial charge >= 0.3 is 5.97 Å². The molecular formula is C17H19NO5S. The van der Waals surface area contributed by atoms with Gasteiger partial charge in [0.2, 0.25) is 0 Å². The van der Waals surface area contributed by atoms with Gasteiger partial charge < -0.3 is 19.9 Å². The third-order valence-corrected chi connectivity index (χ3v) is 4.46. The number of thiophene rings is 1. The number of carbonyl (C=O) groups is 2. The van der Waals surface area contributed by atoms with Crippen molar-refractivity contribution >= 4 is 23.2 Å². The normalized spacial score (nSPS) is 11.6. The summed E-state index contributed by atoms with van der Waals surface area (Å²) in [5.74, 6) is -0.284. The van der Waals surface area contributed by atoms with E-state index in [-0.39, 0.29) is 12.3 Å². The minimum Gasteiger partial charge on any atom is -0.493 e. The number of aliphatic carboxylic acids is 1. The maximum atomic E-state index is 12.4. The van der Waals surface area contributed by atoms with Gasteiger partial charge in [0.05, 0.1) is 31.6 Å². The van der Waals surface area contributed by atoms with Crippen LogP contribution in [0.15, 0.2) is 30.3 Å². The number of hydrogen-bond donors (Lipinski definition) is 2. The molecule has 1 amide bonds. The molecule has 2 aromatic rings. The van der Waals surface area contributed by atoms with E-state index in [9.17, 15) is 9.59 Å². The summed E-state index contributed by atoms with van der Waals surface area (Å²) in [6, 6.07) is 7.98. The summed E-state index contributed by atoms with van der Waals surface area (Å²) in [4.78, 5) is 25.1. The molecule has 6 nitrogen and oxygen atoms in total. The molecule has 24 heavy (non-hydrogen) atoms. The second-order valence-corrected chi connectivity index (χ2v) is 6.44. The van der Waals surface area contributed by atoms with Gasteiger partial charge in [-0.05, 0) is 36.8 Å². The van der Waals surface area contributed by atoms with Crippen molar-refractivity contribution in [2.45, 2.75) is 19.4 Å². The summed E-state index contributed by atoms with van der Waals surface area (Å²) < 4.78 is 10.4. The summed E-state index contributed by atoms with van der Waals surface area (Å²) in [6.07, 6.45) is -0.231. The molecule has 0 spiro atoms. The van der Waals surface area contributed by atoms with Crippen molar-refractivity contribution in [3.63, 3.8) is 0 Å². The van der Waals surface area contributed by atoms with Crippen LogP contribution < -0.4 is 14.8 Å². The molecule has 1 aromatic heterocycles. The summed E-state index contributed by atoms with van der Waals surface area (Å²) in [5, 5.41) is 11.9. The largest absolute Gasteiger partial charge is 0.493 e. The second-order valence-electron chi connectivity index (χ2n) is 5.15. The lowest BCUT2D eigenvalue weighted by Gasteiger charge is -2.18. The number of amides is 1. The van der Waals surface area contributed by atoms with Crippen LogP contribution in [0.1, 0.15) is 32.6 Å². The van der Waals surface area contributed by atoms with Gasteiger partial charge in [0, 0.05) is 4.88 Å². The number of methoxy groups -OCH3 is 2. The van der Waals surface area contributed by atoms with E-state index in [0.29, 0.717) is 21.9 Å². The highest BCUT2D eigenvalue weighted by Crippen LogP contribution is 2.31. The van der Waals surface area contributed by atoms with Gasteiger partial charge in [0.25, 0.3) is 5.91 Å². The number of nitrogens with one attached hydrogen (secondary N) is 1. The van der Waals surface area contributed by atoms with E-state index < -0.39 is 12.0 Å². The third kappa shape index (κ3) is 4.26. The van der Waals surface area contributed by atoms with Crippen molar-refractivity contribution in [1.82, 2.24) is 5.32 Å². The Balaban J connectivity index is 2.28. The molecule has 0 aliphatic heterocycles. The lowest BCUT2D eigenvalue weighted by atomic mass is 10.0. The zero-order valence-electron chi connectivity index (χ0n) is 13.7. The molecule has 0 radical (unpaired) electrons. The van der Waals surface area contributed by atoms with E-state index in [1.807, 2.05) is 13.0 Å². The number of aryl methyl sites for hydroxylation is 1. The van der Waals surface area contributed by atoms with E-state index in [1.54, 1.807) is 24.3 Å². The molecule has 128 valence electrons. The van der Waals surface area contributed by atoms with Crippen molar-refractivity contribution in [3.05, 3.63) is 45.6 Å². The summed E-state index contributed by atoms with van der Waals surface area (Å²) in [7, 11) is 3.02. The highest BCUT2D eigenvalue weighted by atomic mass is 32.1. The number of rotatable bonds is 7. The number of carboxylic acids is 1. The van der Waals surface area contributed by atoms with Gasteiger partial charge in [0.1, 0.15) is 0 Å². The molecule has 1 unspecified atom stereocenters. The van der Waals surface area contributed by atoms with Crippen molar-refractivity contribution in [3.8, 4) is 11.5 Å². The van der Waals surface area contributed by atoms with Crippen molar-refractivity contribution < 1.29 is 24.2 Å². The maximum absolute atomic E-state index is 12.4. The predicted molar refractivity (Wildman–Crippen MR) is 91.1 cm³/mol. The first-order valence-electron chi connectivity index (χ1n) is 7.25. The molecule has 0 fully saturated rings. The van der Waals surface area contributed by atoms with E-state index in [1.165, 1.54) is 25.6 Å². The van der Waals surface area contributed by atoms with Gasteiger partial charge in [-0.3, -0.25) is 9.59 Å². The highest BCUT2D eigenvalue weighted by Gasteiger charge is 2.21. The van der Waals surface area contributed by atoms with E-state index in [0.717, 1.165) is 4.88 Å². The first-order valence-corrected chi connectivity index (χ1v) is 8.07. The Morgan fingerprint density at radius 3 is 2.42 bits per heavy atom. The van der Waals surface area contributed by atoms with E-state index >= 15 is 0 Å². The molecule has 0 aliphatic carbocycles. The Morgan fingerprint density at radius 1 is 1.17 bits per heavy atom. The monoisotopic (exact) mass is 349 g/mol. The smallest absolute Gasteiger partial charge is 0.305 e. The third-order valence-electron chi connectivity index (χ3n) is 3.46. The molecule has 0 saturated carbocycles. The summed E-state index contributed by atoms with van der Waals surface area (Å²) in [5.41, 5.74) is 0.636. The van der Waals surface area contributed by atoms with Crippen LogP contribution in [0.25, 0.3) is 0 Å². The molecule has 2 N–H and O–H groups in total. The predicted octanol–water partition coefficient (Wildman–Crippen LogP) is 3.02. The molecule has 2 rings (SSSR count). The highest BCUT2D eigenvalue weighted by molar-refractivity contribution is 7.13. The Morgan fingerprint density at radius 2 is 1.88 bits per heavy atom. The SMILES string of the molecule is COc1ccc(C(CC(=O)O)NC(=O)c2ccc(C)s2)cc1OC. The molecule has 1 atom stereocenters. The Kier molecular flexibility index (Phi) is 5.81. The van der Waals surface area contributed by atoms with Crippen molar-refractivity contribution in [2.75, 3.05) is 14.2 Å². The van der Waals surface area contributed by atoms with E-state index in [4.69, 9.17) is 14.6 Å². The Bertz CT molecular complexity index is 740. The number of benzene rings is 1. The molecule has 1 heterocycles. The van der Waals surface area contributed by atoms with Crippen molar-refractivity contribution in [1.29, 1.82) is 0 Å². The van der Waals surface area contributed by atoms with Crippen LogP contribution in [0.5, 0.6) is 11.5 Å². The van der Waals surface area contributed by atoms with Gasteiger partial charge in [-0.15, -0.1) is 11.3 Å². The van der Waals surface area contributed by atoms with Crippen LogP contribution in [0.4, 0.5) is 0 Å². The Hall–Kier alpha value is -2.54. The minimum absolute atomic E-state index is 0.231. The fraction of sp³-hybridized carbons (Fsp3) is 0.294. The molecule has 0 aliphatic rings. The van der Waals surface area contributed by atoms with Crippen LogP contribution in [0.3, 0.4) is 0 Å². The van der Waals surface area contributed by atoms with Gasteiger partial charge in [-0.2, -0.15) is 0 Å². The molecular weight excluding hydrogens is 330 g/mol. The summed E-state index contributed by atoms with van der Waals surface area (Å²) in [6.45, 7) is 1.91. The van der Waals surface area contributed by atoms with Crippen molar-refractivity contribution in [2.24, 2.45) is 0 Å². The fourth-order valence-corrected chi connectivity index (χ4v) is 3.05. The van der Waals surface area contributed by atoms with Crippen LogP contribution in [-0.2, 0) is 4.79 Å². The van der Waals surface area contributed by atoms with Gasteiger partial charge in [-0.25, -0.2) is 0 Å². The molecule has 1 aromatic carbocycles. The number of carbonyl (C=O) groups excluding carboxylic acids is 1.